The summed E-state index contributed by atoms with van der Waals surface area (Å²) in [7, 11) is 1.43. The maximum atomic E-state index is 13.6. The SMILES string of the molecule is CCO[C@@H](c1ccc([C@@H](COC)CC(=O)O)cc1Nc1cnc(C)nc1)C(F)(F)F. The quantitative estimate of drug-likeness (QED) is 0.581. The number of carbonyl (C=O) groups is 1. The first-order valence-electron chi connectivity index (χ1n) is 9.24. The maximum Gasteiger partial charge on any atom is 0.418 e. The molecular formula is C20H24F3N3O4. The van der Waals surface area contributed by atoms with E-state index in [1.165, 1.54) is 44.6 Å². The predicted octanol–water partition coefficient (Wildman–Crippen LogP) is 4.37. The molecule has 0 aliphatic carbocycles. The van der Waals surface area contributed by atoms with Crippen molar-refractivity contribution in [3.63, 3.8) is 0 Å². The Morgan fingerprint density at radius 3 is 2.47 bits per heavy atom. The molecule has 30 heavy (non-hydrogen) atoms. The van der Waals surface area contributed by atoms with Gasteiger partial charge in [-0.25, -0.2) is 9.97 Å². The van der Waals surface area contributed by atoms with E-state index in [9.17, 15) is 18.0 Å². The molecular weight excluding hydrogens is 403 g/mol. The molecule has 2 rings (SSSR count). The molecule has 0 bridgehead atoms. The smallest absolute Gasteiger partial charge is 0.418 e. The fraction of sp³-hybridized carbons (Fsp3) is 0.450. The van der Waals surface area contributed by atoms with Crippen LogP contribution in [0, 0.1) is 6.92 Å². The van der Waals surface area contributed by atoms with Gasteiger partial charge in [0, 0.05) is 30.9 Å². The van der Waals surface area contributed by atoms with Crippen molar-refractivity contribution >= 4 is 17.3 Å². The van der Waals surface area contributed by atoms with Gasteiger partial charge in [0.05, 0.1) is 31.1 Å². The average molecular weight is 427 g/mol. The minimum atomic E-state index is -4.63. The summed E-state index contributed by atoms with van der Waals surface area (Å²) in [5.74, 6) is -1.06. The highest BCUT2D eigenvalue weighted by Gasteiger charge is 2.43. The van der Waals surface area contributed by atoms with Crippen molar-refractivity contribution in [3.8, 4) is 0 Å². The fourth-order valence-corrected chi connectivity index (χ4v) is 2.99. The predicted molar refractivity (Wildman–Crippen MR) is 104 cm³/mol. The molecule has 164 valence electrons. The second-order valence-corrected chi connectivity index (χ2v) is 6.62. The largest absolute Gasteiger partial charge is 0.481 e. The summed E-state index contributed by atoms with van der Waals surface area (Å²) < 4.78 is 51.0. The first-order chi connectivity index (χ1) is 14.2. The number of alkyl halides is 3. The zero-order valence-corrected chi connectivity index (χ0v) is 16.9. The van der Waals surface area contributed by atoms with Crippen LogP contribution >= 0.6 is 0 Å². The fourth-order valence-electron chi connectivity index (χ4n) is 2.99. The summed E-state index contributed by atoms with van der Waals surface area (Å²) in [6, 6.07) is 4.25. The van der Waals surface area contributed by atoms with E-state index in [2.05, 4.69) is 15.3 Å². The number of methoxy groups -OCH3 is 1. The lowest BCUT2D eigenvalue weighted by molar-refractivity contribution is -0.222. The number of aliphatic carboxylic acids is 1. The number of halogens is 3. The first-order valence-corrected chi connectivity index (χ1v) is 9.24. The Hall–Kier alpha value is -2.72. The molecule has 0 unspecified atom stereocenters. The molecule has 0 saturated carbocycles. The van der Waals surface area contributed by atoms with Crippen LogP contribution in [0.4, 0.5) is 24.5 Å². The number of anilines is 2. The van der Waals surface area contributed by atoms with Gasteiger partial charge in [0.1, 0.15) is 5.82 Å². The van der Waals surface area contributed by atoms with Gasteiger partial charge in [0.2, 0.25) is 0 Å². The normalized spacial score (nSPS) is 13.7. The van der Waals surface area contributed by atoms with Crippen molar-refractivity contribution in [2.24, 2.45) is 0 Å². The van der Waals surface area contributed by atoms with Gasteiger partial charge in [-0.2, -0.15) is 13.2 Å². The lowest BCUT2D eigenvalue weighted by Crippen LogP contribution is -2.24. The summed E-state index contributed by atoms with van der Waals surface area (Å²) in [6.07, 6.45) is -4.11. The van der Waals surface area contributed by atoms with Crippen molar-refractivity contribution in [2.75, 3.05) is 25.6 Å². The van der Waals surface area contributed by atoms with Crippen LogP contribution in [0.15, 0.2) is 30.6 Å². The molecule has 0 radical (unpaired) electrons. The Bertz CT molecular complexity index is 844. The number of hydrogen-bond donors (Lipinski definition) is 2. The number of aryl methyl sites for hydroxylation is 1. The standard InChI is InChI=1S/C20H24F3N3O4/c1-4-30-19(20(21,22)23)16-6-5-13(14(11-29-3)8-18(27)28)7-17(16)26-15-9-24-12(2)25-10-15/h5-7,9-10,14,19,26H,4,8,11H2,1-3H3,(H,27,28)/t14-,19+/m1/s1. The molecule has 1 aromatic heterocycles. The van der Waals surface area contributed by atoms with Crippen LogP contribution in [0.1, 0.15) is 42.3 Å². The zero-order valence-electron chi connectivity index (χ0n) is 16.9. The van der Waals surface area contributed by atoms with Gasteiger partial charge in [-0.1, -0.05) is 12.1 Å². The van der Waals surface area contributed by atoms with Gasteiger partial charge < -0.3 is 19.9 Å². The van der Waals surface area contributed by atoms with E-state index in [-0.39, 0.29) is 30.9 Å². The van der Waals surface area contributed by atoms with Crippen LogP contribution in [0.3, 0.4) is 0 Å². The summed E-state index contributed by atoms with van der Waals surface area (Å²) in [4.78, 5) is 19.3. The van der Waals surface area contributed by atoms with Gasteiger partial charge in [-0.15, -0.1) is 0 Å². The molecule has 2 N–H and O–H groups in total. The van der Waals surface area contributed by atoms with Gasteiger partial charge in [-0.3, -0.25) is 4.79 Å². The molecule has 1 aromatic carbocycles. The van der Waals surface area contributed by atoms with E-state index in [4.69, 9.17) is 14.6 Å². The molecule has 7 nitrogen and oxygen atoms in total. The molecule has 10 heteroatoms. The zero-order chi connectivity index (χ0) is 22.3. The van der Waals surface area contributed by atoms with Gasteiger partial charge >= 0.3 is 12.1 Å². The number of carboxylic acid groups (broad SMARTS) is 1. The van der Waals surface area contributed by atoms with Crippen molar-refractivity contribution in [2.45, 2.75) is 38.5 Å². The number of hydrogen-bond acceptors (Lipinski definition) is 6. The molecule has 0 aliphatic rings. The number of ether oxygens (including phenoxy) is 2. The number of rotatable bonds is 10. The molecule has 2 atom stereocenters. The lowest BCUT2D eigenvalue weighted by atomic mass is 9.93. The summed E-state index contributed by atoms with van der Waals surface area (Å²) >= 11 is 0. The van der Waals surface area contributed by atoms with E-state index in [1.807, 2.05) is 0 Å². The van der Waals surface area contributed by atoms with E-state index < -0.39 is 24.2 Å². The molecule has 0 fully saturated rings. The van der Waals surface area contributed by atoms with Crippen molar-refractivity contribution in [1.29, 1.82) is 0 Å². The molecule has 0 saturated heterocycles. The summed E-state index contributed by atoms with van der Waals surface area (Å²) in [5.41, 5.74) is 0.913. The Kier molecular flexibility index (Phi) is 8.13. The van der Waals surface area contributed by atoms with Crippen LogP contribution in [-0.4, -0.2) is 47.5 Å². The van der Waals surface area contributed by atoms with Crippen molar-refractivity contribution < 1.29 is 32.5 Å². The monoisotopic (exact) mass is 427 g/mol. The Labute approximate surface area is 172 Å². The number of aromatic nitrogens is 2. The Balaban J connectivity index is 2.54. The minimum absolute atomic E-state index is 0.104. The maximum absolute atomic E-state index is 13.6. The summed E-state index contributed by atoms with van der Waals surface area (Å²) in [6.45, 7) is 3.14. The highest BCUT2D eigenvalue weighted by molar-refractivity contribution is 5.69. The Morgan fingerprint density at radius 1 is 1.27 bits per heavy atom. The third kappa shape index (κ3) is 6.39. The number of nitrogens with one attached hydrogen (secondary N) is 1. The molecule has 0 aliphatic heterocycles. The topological polar surface area (TPSA) is 93.6 Å². The third-order valence-corrected chi connectivity index (χ3v) is 4.31. The van der Waals surface area contributed by atoms with Gasteiger partial charge in [-0.05, 0) is 25.5 Å². The lowest BCUT2D eigenvalue weighted by Gasteiger charge is -2.25. The highest BCUT2D eigenvalue weighted by Crippen LogP contribution is 2.41. The number of carboxylic acids is 1. The van der Waals surface area contributed by atoms with Crippen molar-refractivity contribution in [3.05, 3.63) is 47.5 Å². The number of nitrogens with zero attached hydrogens (tertiary/aromatic N) is 2. The molecule has 2 aromatic rings. The third-order valence-electron chi connectivity index (χ3n) is 4.31. The number of benzene rings is 1. The van der Waals surface area contributed by atoms with Crippen LogP contribution in [0.2, 0.25) is 0 Å². The Morgan fingerprint density at radius 2 is 1.93 bits per heavy atom. The summed E-state index contributed by atoms with van der Waals surface area (Å²) in [5, 5.41) is 12.1. The van der Waals surface area contributed by atoms with E-state index in [1.54, 1.807) is 6.92 Å². The second-order valence-electron chi connectivity index (χ2n) is 6.62. The van der Waals surface area contributed by atoms with E-state index in [0.29, 0.717) is 17.1 Å². The van der Waals surface area contributed by atoms with Crippen LogP contribution < -0.4 is 5.32 Å². The van der Waals surface area contributed by atoms with Crippen LogP contribution in [-0.2, 0) is 14.3 Å². The highest BCUT2D eigenvalue weighted by atomic mass is 19.4. The van der Waals surface area contributed by atoms with Gasteiger partial charge in [0.15, 0.2) is 6.10 Å². The van der Waals surface area contributed by atoms with Crippen LogP contribution in [0.25, 0.3) is 0 Å². The molecule has 1 heterocycles. The van der Waals surface area contributed by atoms with E-state index >= 15 is 0 Å². The molecule has 0 amide bonds. The average Bonchev–Trinajstić information content (AvgIpc) is 2.67. The van der Waals surface area contributed by atoms with Crippen molar-refractivity contribution in [1.82, 2.24) is 9.97 Å². The second kappa shape index (κ2) is 10.4. The van der Waals surface area contributed by atoms with Gasteiger partial charge in [0.25, 0.3) is 0 Å². The van der Waals surface area contributed by atoms with Crippen LogP contribution in [0.5, 0.6) is 0 Å². The minimum Gasteiger partial charge on any atom is -0.481 e. The van der Waals surface area contributed by atoms with E-state index in [0.717, 1.165) is 0 Å². The first kappa shape index (κ1) is 23.6. The molecule has 0 spiro atoms.